The summed E-state index contributed by atoms with van der Waals surface area (Å²) in [6.45, 7) is 0.981. The van der Waals surface area contributed by atoms with E-state index in [0.717, 1.165) is 17.2 Å². The van der Waals surface area contributed by atoms with Crippen molar-refractivity contribution in [3.63, 3.8) is 0 Å². The van der Waals surface area contributed by atoms with E-state index in [2.05, 4.69) is 20.3 Å². The fourth-order valence-corrected chi connectivity index (χ4v) is 3.23. The molecule has 0 aliphatic carbocycles. The maximum atomic E-state index is 12.2. The monoisotopic (exact) mass is 370 g/mol. The summed E-state index contributed by atoms with van der Waals surface area (Å²) in [5.41, 5.74) is 1.09. The number of carbonyl (C=O) groups excluding carboxylic acids is 1. The Labute approximate surface area is 159 Å². The lowest BCUT2D eigenvalue weighted by atomic mass is 10.1. The highest BCUT2D eigenvalue weighted by Gasteiger charge is 2.32. The van der Waals surface area contributed by atoms with Crippen LogP contribution >= 0.6 is 0 Å². The third-order valence-corrected chi connectivity index (χ3v) is 4.71. The minimum atomic E-state index is -0.429. The van der Waals surface area contributed by atoms with Gasteiger partial charge in [0, 0.05) is 52.1 Å². The fourth-order valence-electron chi connectivity index (χ4n) is 3.23. The number of hydrogen-bond acceptors (Lipinski definition) is 7. The first kappa shape index (κ1) is 19.0. The number of rotatable bonds is 7. The Hall–Kier alpha value is -2.74. The van der Waals surface area contributed by atoms with Gasteiger partial charge in [0.25, 0.3) is 0 Å². The molecule has 1 aliphatic rings. The van der Waals surface area contributed by atoms with E-state index in [9.17, 15) is 9.90 Å². The largest absolute Gasteiger partial charge is 0.391 e. The average molecular weight is 370 g/mol. The van der Waals surface area contributed by atoms with Gasteiger partial charge in [-0.3, -0.25) is 9.78 Å². The molecule has 0 saturated carbocycles. The summed E-state index contributed by atoms with van der Waals surface area (Å²) in [5, 5.41) is 13.1. The van der Waals surface area contributed by atoms with Gasteiger partial charge in [-0.05, 0) is 30.5 Å². The van der Waals surface area contributed by atoms with Gasteiger partial charge in [0.05, 0.1) is 12.1 Å². The lowest BCUT2D eigenvalue weighted by Crippen LogP contribution is -2.40. The molecule has 0 aromatic carbocycles. The molecule has 1 saturated heterocycles. The average Bonchev–Trinajstić information content (AvgIpc) is 3.06. The molecule has 8 heteroatoms. The van der Waals surface area contributed by atoms with Gasteiger partial charge in [-0.1, -0.05) is 0 Å². The summed E-state index contributed by atoms with van der Waals surface area (Å²) in [5.74, 6) is 1.58. The zero-order valence-corrected chi connectivity index (χ0v) is 15.7. The summed E-state index contributed by atoms with van der Waals surface area (Å²) < 4.78 is 0. The zero-order valence-electron chi connectivity index (χ0n) is 15.7. The van der Waals surface area contributed by atoms with Crippen molar-refractivity contribution in [3.05, 3.63) is 42.5 Å². The Morgan fingerprint density at radius 3 is 2.85 bits per heavy atom. The van der Waals surface area contributed by atoms with E-state index < -0.39 is 6.10 Å². The SMILES string of the molecule is CN(C)c1cc(N2C[C@H](O)C[C@@H]2CNC(=O)CCc2ccncc2)ncn1. The highest BCUT2D eigenvalue weighted by Crippen LogP contribution is 2.25. The van der Waals surface area contributed by atoms with E-state index in [4.69, 9.17) is 0 Å². The third-order valence-electron chi connectivity index (χ3n) is 4.71. The topological polar surface area (TPSA) is 94.5 Å². The van der Waals surface area contributed by atoms with Crippen LogP contribution in [0, 0.1) is 0 Å². The summed E-state index contributed by atoms with van der Waals surface area (Å²) in [6.07, 6.45) is 6.28. The van der Waals surface area contributed by atoms with Crippen LogP contribution in [0.25, 0.3) is 0 Å². The Kier molecular flexibility index (Phi) is 6.18. The van der Waals surface area contributed by atoms with E-state index in [1.165, 1.54) is 6.33 Å². The molecule has 3 rings (SSSR count). The molecule has 1 fully saturated rings. The molecule has 2 atom stereocenters. The minimum Gasteiger partial charge on any atom is -0.391 e. The second-order valence-corrected chi connectivity index (χ2v) is 6.98. The van der Waals surface area contributed by atoms with Gasteiger partial charge in [0.1, 0.15) is 18.0 Å². The number of nitrogens with one attached hydrogen (secondary N) is 1. The van der Waals surface area contributed by atoms with Crippen LogP contribution in [0.4, 0.5) is 11.6 Å². The minimum absolute atomic E-state index is 0.00446. The molecule has 27 heavy (non-hydrogen) atoms. The first-order chi connectivity index (χ1) is 13.0. The van der Waals surface area contributed by atoms with E-state index in [1.807, 2.05) is 42.1 Å². The quantitative estimate of drug-likeness (QED) is 0.738. The van der Waals surface area contributed by atoms with E-state index >= 15 is 0 Å². The van der Waals surface area contributed by atoms with Gasteiger partial charge in [0.15, 0.2) is 0 Å². The highest BCUT2D eigenvalue weighted by atomic mass is 16.3. The first-order valence-electron chi connectivity index (χ1n) is 9.12. The second-order valence-electron chi connectivity index (χ2n) is 6.98. The van der Waals surface area contributed by atoms with Crippen molar-refractivity contribution in [2.45, 2.75) is 31.4 Å². The Balaban J connectivity index is 1.56. The van der Waals surface area contributed by atoms with Crippen molar-refractivity contribution >= 4 is 17.5 Å². The highest BCUT2D eigenvalue weighted by molar-refractivity contribution is 5.76. The summed E-state index contributed by atoms with van der Waals surface area (Å²) >= 11 is 0. The predicted octanol–water partition coefficient (Wildman–Crippen LogP) is 0.626. The molecular weight excluding hydrogens is 344 g/mol. The number of nitrogens with zero attached hydrogens (tertiary/aromatic N) is 5. The van der Waals surface area contributed by atoms with Gasteiger partial charge in [-0.15, -0.1) is 0 Å². The Bertz CT molecular complexity index is 755. The molecule has 0 radical (unpaired) electrons. The Morgan fingerprint density at radius 2 is 2.11 bits per heavy atom. The maximum Gasteiger partial charge on any atom is 0.220 e. The van der Waals surface area contributed by atoms with Crippen molar-refractivity contribution in [2.24, 2.45) is 0 Å². The molecule has 1 amide bonds. The number of anilines is 2. The normalized spacial score (nSPS) is 19.1. The number of amides is 1. The van der Waals surface area contributed by atoms with Crippen LogP contribution in [0.15, 0.2) is 36.9 Å². The number of hydrogen-bond donors (Lipinski definition) is 2. The molecule has 0 bridgehead atoms. The molecule has 1 aliphatic heterocycles. The van der Waals surface area contributed by atoms with Crippen molar-refractivity contribution in [2.75, 3.05) is 37.0 Å². The smallest absolute Gasteiger partial charge is 0.220 e. The van der Waals surface area contributed by atoms with Crippen LogP contribution in [0.2, 0.25) is 0 Å². The van der Waals surface area contributed by atoms with Gasteiger partial charge in [0.2, 0.25) is 5.91 Å². The van der Waals surface area contributed by atoms with Crippen LogP contribution in [0.1, 0.15) is 18.4 Å². The summed E-state index contributed by atoms with van der Waals surface area (Å²) in [6, 6.07) is 5.74. The van der Waals surface area contributed by atoms with Gasteiger partial charge in [-0.25, -0.2) is 9.97 Å². The van der Waals surface area contributed by atoms with E-state index in [-0.39, 0.29) is 11.9 Å². The molecule has 2 aromatic rings. The lowest BCUT2D eigenvalue weighted by molar-refractivity contribution is -0.121. The summed E-state index contributed by atoms with van der Waals surface area (Å²) in [7, 11) is 3.84. The fraction of sp³-hybridized carbons (Fsp3) is 0.474. The first-order valence-corrected chi connectivity index (χ1v) is 9.12. The van der Waals surface area contributed by atoms with Crippen LogP contribution in [0.5, 0.6) is 0 Å². The number of β-amino-alcohol motifs (C(OH)–C–C–N with tert-alkyl or cyclic N) is 1. The zero-order chi connectivity index (χ0) is 19.2. The number of aryl methyl sites for hydroxylation is 1. The predicted molar refractivity (Wildman–Crippen MR) is 104 cm³/mol. The van der Waals surface area contributed by atoms with Crippen LogP contribution < -0.4 is 15.1 Å². The number of pyridine rings is 1. The number of carbonyl (C=O) groups is 1. The molecule has 8 nitrogen and oxygen atoms in total. The molecule has 2 aromatic heterocycles. The number of aliphatic hydroxyl groups is 1. The number of aliphatic hydroxyl groups excluding tert-OH is 1. The number of aromatic nitrogens is 3. The lowest BCUT2D eigenvalue weighted by Gasteiger charge is -2.26. The van der Waals surface area contributed by atoms with E-state index in [0.29, 0.717) is 32.4 Å². The molecule has 0 unspecified atom stereocenters. The second kappa shape index (κ2) is 8.77. The molecular formula is C19H26N6O2. The molecule has 0 spiro atoms. The third kappa shape index (κ3) is 5.13. The van der Waals surface area contributed by atoms with Gasteiger partial charge >= 0.3 is 0 Å². The Morgan fingerprint density at radius 1 is 1.33 bits per heavy atom. The van der Waals surface area contributed by atoms with Crippen molar-refractivity contribution in [3.8, 4) is 0 Å². The van der Waals surface area contributed by atoms with E-state index in [1.54, 1.807) is 12.4 Å². The molecule has 144 valence electrons. The van der Waals surface area contributed by atoms with Crippen LogP contribution in [-0.4, -0.2) is 65.3 Å². The summed E-state index contributed by atoms with van der Waals surface area (Å²) in [4.78, 5) is 28.7. The molecule has 2 N–H and O–H groups in total. The maximum absolute atomic E-state index is 12.2. The molecule has 3 heterocycles. The van der Waals surface area contributed by atoms with Gasteiger partial charge in [-0.2, -0.15) is 0 Å². The van der Waals surface area contributed by atoms with Gasteiger partial charge < -0.3 is 20.2 Å². The van der Waals surface area contributed by atoms with Crippen molar-refractivity contribution in [1.82, 2.24) is 20.3 Å². The van der Waals surface area contributed by atoms with Crippen molar-refractivity contribution in [1.29, 1.82) is 0 Å². The standard InChI is InChI=1S/C19H26N6O2/c1-24(2)17-10-18(23-13-22-17)25-12-16(26)9-15(25)11-21-19(27)4-3-14-5-7-20-8-6-14/h5-8,10,13,15-16,26H,3-4,9,11-12H2,1-2H3,(H,21,27)/t15-,16-/m1/s1. The van der Waals surface area contributed by atoms with Crippen molar-refractivity contribution < 1.29 is 9.90 Å². The van der Waals surface area contributed by atoms with Crippen LogP contribution in [0.3, 0.4) is 0 Å². The van der Waals surface area contributed by atoms with Crippen LogP contribution in [-0.2, 0) is 11.2 Å².